The Hall–Kier alpha value is -1.82. The highest BCUT2D eigenvalue weighted by molar-refractivity contribution is 7.99. The molecule has 1 fully saturated rings. The van der Waals surface area contributed by atoms with Crippen molar-refractivity contribution in [1.82, 2.24) is 15.5 Å². The Morgan fingerprint density at radius 3 is 2.71 bits per heavy atom. The molecule has 0 saturated heterocycles. The SMILES string of the molecule is CC(C)c1ccc(CCNC(=O)CSc2nnc(C3CC3)o2)cc1. The third-order valence-electron chi connectivity index (χ3n) is 4.06. The van der Waals surface area contributed by atoms with E-state index < -0.39 is 0 Å². The molecule has 1 aliphatic rings. The molecule has 1 aromatic carbocycles. The molecule has 0 atom stereocenters. The van der Waals surface area contributed by atoms with E-state index in [9.17, 15) is 4.79 Å². The first-order valence-corrected chi connectivity index (χ1v) is 9.42. The van der Waals surface area contributed by atoms with Gasteiger partial charge in [-0.25, -0.2) is 0 Å². The Bertz CT molecular complexity index is 678. The number of thioether (sulfide) groups is 1. The first-order valence-electron chi connectivity index (χ1n) is 8.43. The average Bonchev–Trinajstić information content (AvgIpc) is 3.32. The quantitative estimate of drug-likeness (QED) is 0.741. The molecule has 2 aromatic rings. The Morgan fingerprint density at radius 1 is 1.29 bits per heavy atom. The molecule has 3 rings (SSSR count). The van der Waals surface area contributed by atoms with Crippen molar-refractivity contribution in [1.29, 1.82) is 0 Å². The summed E-state index contributed by atoms with van der Waals surface area (Å²) in [4.78, 5) is 11.9. The average molecular weight is 345 g/mol. The Balaban J connectivity index is 1.35. The van der Waals surface area contributed by atoms with Gasteiger partial charge in [0.15, 0.2) is 0 Å². The van der Waals surface area contributed by atoms with Gasteiger partial charge in [-0.05, 0) is 36.3 Å². The number of hydrogen-bond donors (Lipinski definition) is 1. The zero-order valence-corrected chi connectivity index (χ0v) is 14.9. The van der Waals surface area contributed by atoms with Crippen LogP contribution in [-0.2, 0) is 11.2 Å². The van der Waals surface area contributed by atoms with Gasteiger partial charge in [-0.2, -0.15) is 0 Å². The van der Waals surface area contributed by atoms with Crippen LogP contribution >= 0.6 is 11.8 Å². The standard InChI is InChI=1S/C18H23N3O2S/c1-12(2)14-5-3-13(4-6-14)9-10-19-16(22)11-24-18-21-20-17(23-18)15-7-8-15/h3-6,12,15H,7-11H2,1-2H3,(H,19,22). The molecule has 5 nitrogen and oxygen atoms in total. The molecular formula is C18H23N3O2S. The lowest BCUT2D eigenvalue weighted by Gasteiger charge is -2.07. The van der Waals surface area contributed by atoms with Crippen LogP contribution in [0.1, 0.15) is 55.5 Å². The Kier molecular flexibility index (Phi) is 5.56. The number of carbonyl (C=O) groups is 1. The normalized spacial score (nSPS) is 14.1. The van der Waals surface area contributed by atoms with E-state index in [-0.39, 0.29) is 5.91 Å². The fraction of sp³-hybridized carbons (Fsp3) is 0.500. The minimum atomic E-state index is -0.00928. The molecule has 0 unspecified atom stereocenters. The van der Waals surface area contributed by atoms with Crippen LogP contribution in [0.2, 0.25) is 0 Å². The summed E-state index contributed by atoms with van der Waals surface area (Å²) in [7, 11) is 0. The van der Waals surface area contributed by atoms with Gasteiger partial charge >= 0.3 is 0 Å². The molecule has 0 spiro atoms. The zero-order chi connectivity index (χ0) is 16.9. The van der Waals surface area contributed by atoms with Crippen LogP contribution < -0.4 is 5.32 Å². The molecule has 1 N–H and O–H groups in total. The highest BCUT2D eigenvalue weighted by atomic mass is 32.2. The second-order valence-corrected chi connectivity index (χ2v) is 7.39. The van der Waals surface area contributed by atoms with Crippen molar-refractivity contribution in [2.24, 2.45) is 0 Å². The molecule has 1 aliphatic carbocycles. The maximum atomic E-state index is 11.9. The first-order chi connectivity index (χ1) is 11.6. The summed E-state index contributed by atoms with van der Waals surface area (Å²) in [6.07, 6.45) is 3.09. The number of carbonyl (C=O) groups excluding carboxylic acids is 1. The van der Waals surface area contributed by atoms with E-state index in [1.807, 2.05) is 0 Å². The van der Waals surface area contributed by atoms with E-state index >= 15 is 0 Å². The van der Waals surface area contributed by atoms with Crippen molar-refractivity contribution < 1.29 is 9.21 Å². The lowest BCUT2D eigenvalue weighted by Crippen LogP contribution is -2.27. The van der Waals surface area contributed by atoms with Gasteiger partial charge in [0, 0.05) is 12.5 Å². The molecule has 128 valence electrons. The highest BCUT2D eigenvalue weighted by Crippen LogP contribution is 2.39. The fourth-order valence-corrected chi connectivity index (χ4v) is 2.97. The molecule has 1 amide bonds. The number of aromatic nitrogens is 2. The molecule has 0 aliphatic heterocycles. The number of amides is 1. The second-order valence-electron chi connectivity index (χ2n) is 6.47. The van der Waals surface area contributed by atoms with E-state index in [1.54, 1.807) is 0 Å². The third-order valence-corrected chi connectivity index (χ3v) is 4.88. The molecule has 1 saturated carbocycles. The van der Waals surface area contributed by atoms with E-state index in [0.717, 1.165) is 19.3 Å². The van der Waals surface area contributed by atoms with E-state index in [1.165, 1.54) is 22.9 Å². The maximum absolute atomic E-state index is 11.9. The summed E-state index contributed by atoms with van der Waals surface area (Å²) < 4.78 is 5.52. The summed E-state index contributed by atoms with van der Waals surface area (Å²) in [6.45, 7) is 5.01. The van der Waals surface area contributed by atoms with Gasteiger partial charge in [-0.1, -0.05) is 49.9 Å². The molecule has 0 radical (unpaired) electrons. The van der Waals surface area contributed by atoms with Gasteiger partial charge in [0.25, 0.3) is 5.22 Å². The van der Waals surface area contributed by atoms with Crippen LogP contribution in [0.15, 0.2) is 33.9 Å². The van der Waals surface area contributed by atoms with E-state index in [0.29, 0.717) is 35.2 Å². The number of hydrogen-bond acceptors (Lipinski definition) is 5. The third kappa shape index (κ3) is 4.84. The number of benzene rings is 1. The predicted octanol–water partition coefficient (Wildman–Crippen LogP) is 3.52. The van der Waals surface area contributed by atoms with Crippen LogP contribution in [0.4, 0.5) is 0 Å². The fourth-order valence-electron chi connectivity index (χ4n) is 2.37. The highest BCUT2D eigenvalue weighted by Gasteiger charge is 2.29. The second kappa shape index (κ2) is 7.83. The van der Waals surface area contributed by atoms with Gasteiger partial charge in [0.05, 0.1) is 5.75 Å². The maximum Gasteiger partial charge on any atom is 0.277 e. The van der Waals surface area contributed by atoms with E-state index in [2.05, 4.69) is 53.6 Å². The van der Waals surface area contributed by atoms with Crippen LogP contribution in [0.3, 0.4) is 0 Å². The molecule has 1 aromatic heterocycles. The van der Waals surface area contributed by atoms with Gasteiger partial charge in [0.2, 0.25) is 11.8 Å². The van der Waals surface area contributed by atoms with Crippen LogP contribution in [-0.4, -0.2) is 28.4 Å². The van der Waals surface area contributed by atoms with Crippen LogP contribution in [0.5, 0.6) is 0 Å². The van der Waals surface area contributed by atoms with Crippen molar-refractivity contribution in [2.75, 3.05) is 12.3 Å². The van der Waals surface area contributed by atoms with Crippen LogP contribution in [0.25, 0.3) is 0 Å². The van der Waals surface area contributed by atoms with Crippen molar-refractivity contribution in [3.63, 3.8) is 0 Å². The summed E-state index contributed by atoms with van der Waals surface area (Å²) in [5.74, 6) is 2.00. The Labute approximate surface area is 146 Å². The largest absolute Gasteiger partial charge is 0.416 e. The van der Waals surface area contributed by atoms with Crippen molar-refractivity contribution in [3.05, 3.63) is 41.3 Å². The van der Waals surface area contributed by atoms with Crippen molar-refractivity contribution >= 4 is 17.7 Å². The number of nitrogens with one attached hydrogen (secondary N) is 1. The lowest BCUT2D eigenvalue weighted by molar-refractivity contribution is -0.118. The van der Waals surface area contributed by atoms with E-state index in [4.69, 9.17) is 4.42 Å². The zero-order valence-electron chi connectivity index (χ0n) is 14.1. The Morgan fingerprint density at radius 2 is 2.04 bits per heavy atom. The number of nitrogens with zero attached hydrogens (tertiary/aromatic N) is 2. The topological polar surface area (TPSA) is 68.0 Å². The first kappa shape index (κ1) is 17.0. The van der Waals surface area contributed by atoms with Gasteiger partial charge in [-0.3, -0.25) is 4.79 Å². The van der Waals surface area contributed by atoms with Gasteiger partial charge < -0.3 is 9.73 Å². The van der Waals surface area contributed by atoms with Gasteiger partial charge in [0.1, 0.15) is 0 Å². The minimum Gasteiger partial charge on any atom is -0.416 e. The molecule has 24 heavy (non-hydrogen) atoms. The van der Waals surface area contributed by atoms with Crippen molar-refractivity contribution in [3.8, 4) is 0 Å². The number of rotatable bonds is 8. The summed E-state index contributed by atoms with van der Waals surface area (Å²) in [5.41, 5.74) is 2.57. The van der Waals surface area contributed by atoms with Crippen LogP contribution in [0, 0.1) is 0 Å². The van der Waals surface area contributed by atoms with Crippen molar-refractivity contribution in [2.45, 2.75) is 50.2 Å². The molecule has 1 heterocycles. The smallest absolute Gasteiger partial charge is 0.277 e. The monoisotopic (exact) mass is 345 g/mol. The molecular weight excluding hydrogens is 322 g/mol. The van der Waals surface area contributed by atoms with Gasteiger partial charge in [-0.15, -0.1) is 10.2 Å². The minimum absolute atomic E-state index is 0.00928. The molecule has 6 heteroatoms. The summed E-state index contributed by atoms with van der Waals surface area (Å²) in [5, 5.41) is 11.4. The molecule has 0 bridgehead atoms. The summed E-state index contributed by atoms with van der Waals surface area (Å²) >= 11 is 1.29. The summed E-state index contributed by atoms with van der Waals surface area (Å²) in [6, 6.07) is 8.58. The lowest BCUT2D eigenvalue weighted by atomic mass is 10.0. The predicted molar refractivity (Wildman–Crippen MR) is 94.2 cm³/mol.